The predicted molar refractivity (Wildman–Crippen MR) is 37.6 cm³/mol. The van der Waals surface area contributed by atoms with Crippen LogP contribution >= 0.6 is 0 Å². The minimum absolute atomic E-state index is 0.306. The maximum Gasteiger partial charge on any atom is 0.261 e. The summed E-state index contributed by atoms with van der Waals surface area (Å²) in [5.74, 6) is -0.324. The molecule has 0 saturated carbocycles. The molecule has 2 N–H and O–H groups in total. The monoisotopic (exact) mass is 141 g/mol. The summed E-state index contributed by atoms with van der Waals surface area (Å²) in [6.45, 7) is 0. The highest BCUT2D eigenvalue weighted by molar-refractivity contribution is 5.80. The van der Waals surface area contributed by atoms with Crippen molar-refractivity contribution in [2.24, 2.45) is 5.73 Å². The Kier molecular flexibility index (Phi) is 1.53. The number of carbonyl (C=O) groups is 1. The Morgan fingerprint density at radius 2 is 1.80 bits per heavy atom. The van der Waals surface area contributed by atoms with Gasteiger partial charge in [-0.05, 0) is 0 Å². The van der Waals surface area contributed by atoms with Gasteiger partial charge in [0.25, 0.3) is 5.91 Å². The third kappa shape index (κ3) is 0.920. The highest BCUT2D eigenvalue weighted by Gasteiger charge is 2.25. The minimum Gasteiger partial charge on any atom is -0.366 e. The van der Waals surface area contributed by atoms with Crippen LogP contribution in [0.3, 0.4) is 0 Å². The molecule has 1 heterocycles. The van der Waals surface area contributed by atoms with E-state index in [-0.39, 0.29) is 12.1 Å². The number of hydrogen-bond donors (Lipinski definition) is 1. The molecule has 1 aliphatic rings. The number of carbonyl (C=O) groups excluding carboxylic acids is 1. The summed E-state index contributed by atoms with van der Waals surface area (Å²) in [5.41, 5.74) is 5.12. The zero-order chi connectivity index (χ0) is 7.72. The maximum atomic E-state index is 10.7. The van der Waals surface area contributed by atoms with E-state index < -0.39 is 0 Å². The second kappa shape index (κ2) is 2.21. The van der Waals surface area contributed by atoms with Crippen LogP contribution in [0.1, 0.15) is 0 Å². The molecule has 0 aromatic carbocycles. The molecule has 56 valence electrons. The van der Waals surface area contributed by atoms with Crippen LogP contribution in [0.4, 0.5) is 0 Å². The summed E-state index contributed by atoms with van der Waals surface area (Å²) in [6.07, 6.45) is 3.32. The Bertz CT molecular complexity index is 166. The quantitative estimate of drug-likeness (QED) is 0.517. The van der Waals surface area contributed by atoms with Gasteiger partial charge in [-0.15, -0.1) is 0 Å². The fourth-order valence-corrected chi connectivity index (χ4v) is 1.06. The first-order chi connectivity index (χ1) is 4.63. The van der Waals surface area contributed by atoms with E-state index >= 15 is 0 Å². The maximum absolute atomic E-state index is 10.7. The van der Waals surface area contributed by atoms with E-state index in [0.717, 1.165) is 0 Å². The van der Waals surface area contributed by atoms with Crippen LogP contribution in [0.15, 0.2) is 12.4 Å². The lowest BCUT2D eigenvalue weighted by Gasteiger charge is -2.23. The van der Waals surface area contributed by atoms with E-state index in [1.165, 1.54) is 0 Å². The molecule has 0 unspecified atom stereocenters. The molecule has 0 bridgehead atoms. The fourth-order valence-electron chi connectivity index (χ4n) is 1.06. The Labute approximate surface area is 59.9 Å². The van der Waals surface area contributed by atoms with E-state index in [2.05, 4.69) is 0 Å². The van der Waals surface area contributed by atoms with Gasteiger partial charge >= 0.3 is 0 Å². The zero-order valence-electron chi connectivity index (χ0n) is 6.11. The lowest BCUT2D eigenvalue weighted by Crippen LogP contribution is -2.45. The van der Waals surface area contributed by atoms with Gasteiger partial charge in [0, 0.05) is 26.5 Å². The van der Waals surface area contributed by atoms with E-state index in [4.69, 9.17) is 5.73 Å². The van der Waals surface area contributed by atoms with Gasteiger partial charge < -0.3 is 15.5 Å². The van der Waals surface area contributed by atoms with Crippen LogP contribution < -0.4 is 5.73 Å². The summed E-state index contributed by atoms with van der Waals surface area (Å²) in [6, 6.07) is 0. The smallest absolute Gasteiger partial charge is 0.261 e. The van der Waals surface area contributed by atoms with Crippen LogP contribution in [-0.4, -0.2) is 36.0 Å². The van der Waals surface area contributed by atoms with Crippen LogP contribution in [0, 0.1) is 0 Å². The van der Waals surface area contributed by atoms with Crippen molar-refractivity contribution >= 4 is 5.91 Å². The largest absolute Gasteiger partial charge is 0.366 e. The molecule has 0 radical (unpaired) electrons. The number of primary amides is 1. The van der Waals surface area contributed by atoms with Gasteiger partial charge in [0.2, 0.25) is 0 Å². The topological polar surface area (TPSA) is 49.6 Å². The van der Waals surface area contributed by atoms with E-state index in [9.17, 15) is 4.79 Å². The molecular weight excluding hydrogens is 130 g/mol. The number of rotatable bonds is 1. The molecule has 4 heteroatoms. The summed E-state index contributed by atoms with van der Waals surface area (Å²) >= 11 is 0. The average molecular weight is 141 g/mol. The predicted octanol–water partition coefficient (Wildman–Crippen LogP) is -0.854. The Morgan fingerprint density at radius 1 is 1.40 bits per heavy atom. The van der Waals surface area contributed by atoms with Crippen LogP contribution in [0.2, 0.25) is 0 Å². The van der Waals surface area contributed by atoms with Crippen LogP contribution in [-0.2, 0) is 4.79 Å². The fraction of sp³-hybridized carbons (Fsp3) is 0.500. The SMILES string of the molecule is CN1C=CN(C)C1C(N)=O. The van der Waals surface area contributed by atoms with Crippen molar-refractivity contribution in [3.8, 4) is 0 Å². The molecule has 0 atom stereocenters. The Hall–Kier alpha value is -1.19. The zero-order valence-corrected chi connectivity index (χ0v) is 6.11. The molecule has 0 aliphatic carbocycles. The third-order valence-electron chi connectivity index (χ3n) is 1.56. The molecule has 1 rings (SSSR count). The molecule has 4 nitrogen and oxygen atoms in total. The lowest BCUT2D eigenvalue weighted by atomic mass is 10.4. The van der Waals surface area contributed by atoms with Crippen molar-refractivity contribution in [3.63, 3.8) is 0 Å². The summed E-state index contributed by atoms with van der Waals surface area (Å²) in [4.78, 5) is 14.3. The minimum atomic E-state index is -0.324. The molecular formula is C6H11N3O. The second-order valence-corrected chi connectivity index (χ2v) is 2.41. The second-order valence-electron chi connectivity index (χ2n) is 2.41. The third-order valence-corrected chi connectivity index (χ3v) is 1.56. The van der Waals surface area contributed by atoms with Gasteiger partial charge in [-0.25, -0.2) is 0 Å². The van der Waals surface area contributed by atoms with Gasteiger partial charge in [0.05, 0.1) is 0 Å². The van der Waals surface area contributed by atoms with Gasteiger partial charge in [-0.1, -0.05) is 0 Å². The molecule has 0 fully saturated rings. The molecule has 1 aliphatic heterocycles. The molecule has 0 aromatic heterocycles. The lowest BCUT2D eigenvalue weighted by molar-refractivity contribution is -0.125. The Morgan fingerprint density at radius 3 is 2.00 bits per heavy atom. The van der Waals surface area contributed by atoms with Gasteiger partial charge in [-0.3, -0.25) is 4.79 Å². The van der Waals surface area contributed by atoms with Crippen LogP contribution in [0.25, 0.3) is 0 Å². The van der Waals surface area contributed by atoms with E-state index in [0.29, 0.717) is 0 Å². The molecule has 0 aromatic rings. The van der Waals surface area contributed by atoms with Gasteiger partial charge in [-0.2, -0.15) is 0 Å². The van der Waals surface area contributed by atoms with Crippen molar-refractivity contribution in [3.05, 3.63) is 12.4 Å². The van der Waals surface area contributed by atoms with Crippen LogP contribution in [0.5, 0.6) is 0 Å². The summed E-state index contributed by atoms with van der Waals surface area (Å²) in [7, 11) is 3.63. The van der Waals surface area contributed by atoms with E-state index in [1.54, 1.807) is 9.80 Å². The highest BCUT2D eigenvalue weighted by Crippen LogP contribution is 2.09. The van der Waals surface area contributed by atoms with Gasteiger partial charge in [0.15, 0.2) is 6.17 Å². The number of hydrogen-bond acceptors (Lipinski definition) is 3. The van der Waals surface area contributed by atoms with Crippen molar-refractivity contribution in [2.45, 2.75) is 6.17 Å². The van der Waals surface area contributed by atoms with Crippen molar-refractivity contribution in [2.75, 3.05) is 14.1 Å². The van der Waals surface area contributed by atoms with Gasteiger partial charge in [0.1, 0.15) is 0 Å². The first-order valence-electron chi connectivity index (χ1n) is 3.04. The van der Waals surface area contributed by atoms with Crippen molar-refractivity contribution in [1.29, 1.82) is 0 Å². The van der Waals surface area contributed by atoms with E-state index in [1.807, 2.05) is 26.5 Å². The Balaban J connectivity index is 2.69. The molecule has 10 heavy (non-hydrogen) atoms. The summed E-state index contributed by atoms with van der Waals surface area (Å²) in [5, 5.41) is 0. The normalized spacial score (nSPS) is 18.6. The first-order valence-corrected chi connectivity index (χ1v) is 3.04. The number of amides is 1. The summed E-state index contributed by atoms with van der Waals surface area (Å²) < 4.78 is 0. The molecule has 0 saturated heterocycles. The first kappa shape index (κ1) is 6.92. The number of nitrogens with two attached hydrogens (primary N) is 1. The number of likely N-dealkylation sites (N-methyl/N-ethyl adjacent to an activating group) is 2. The average Bonchev–Trinajstić information content (AvgIpc) is 2.11. The molecule has 0 spiro atoms. The molecule has 1 amide bonds. The number of nitrogens with zero attached hydrogens (tertiary/aromatic N) is 2. The van der Waals surface area contributed by atoms with Crippen molar-refractivity contribution < 1.29 is 4.79 Å². The standard InChI is InChI=1S/C6H11N3O/c1-8-3-4-9(2)6(8)5(7)10/h3-4,6H,1-2H3,(H2,7,10). The van der Waals surface area contributed by atoms with Crippen molar-refractivity contribution in [1.82, 2.24) is 9.80 Å². The highest BCUT2D eigenvalue weighted by atomic mass is 16.2.